The van der Waals surface area contributed by atoms with Gasteiger partial charge in [0.25, 0.3) is 11.5 Å². The molecule has 0 atom stereocenters. The van der Waals surface area contributed by atoms with E-state index >= 15 is 0 Å². The van der Waals surface area contributed by atoms with E-state index in [-0.39, 0.29) is 22.9 Å². The normalized spacial score (nSPS) is 10.8. The van der Waals surface area contributed by atoms with Crippen molar-refractivity contribution in [2.75, 3.05) is 5.32 Å². The van der Waals surface area contributed by atoms with Gasteiger partial charge in [-0.25, -0.2) is 0 Å². The van der Waals surface area contributed by atoms with Gasteiger partial charge in [0, 0.05) is 11.8 Å². The number of anilines is 1. The highest BCUT2D eigenvalue weighted by Gasteiger charge is 2.13. The predicted octanol–water partition coefficient (Wildman–Crippen LogP) is 2.68. The number of aromatic nitrogens is 3. The zero-order valence-corrected chi connectivity index (χ0v) is 16.4. The Labute approximate surface area is 169 Å². The minimum absolute atomic E-state index is 0.0841. The van der Waals surface area contributed by atoms with Gasteiger partial charge in [0.2, 0.25) is 11.0 Å². The summed E-state index contributed by atoms with van der Waals surface area (Å²) >= 11 is 1.32. The highest BCUT2D eigenvalue weighted by molar-refractivity contribution is 7.15. The van der Waals surface area contributed by atoms with E-state index in [2.05, 4.69) is 25.5 Å². The van der Waals surface area contributed by atoms with E-state index in [0.717, 1.165) is 11.4 Å². The summed E-state index contributed by atoms with van der Waals surface area (Å²) in [5.74, 6) is -0.679. The molecule has 0 unspecified atom stereocenters. The van der Waals surface area contributed by atoms with Crippen LogP contribution < -0.4 is 10.9 Å². The van der Waals surface area contributed by atoms with Gasteiger partial charge in [-0.15, -0.1) is 10.2 Å². The number of benzene rings is 1. The molecule has 0 saturated heterocycles. The number of hydrogen-bond donors (Lipinski definition) is 3. The van der Waals surface area contributed by atoms with Crippen molar-refractivity contribution in [1.29, 1.82) is 5.26 Å². The number of aryl methyl sites for hydroxylation is 1. The van der Waals surface area contributed by atoms with Crippen LogP contribution in [0.25, 0.3) is 0 Å². The average molecular weight is 408 g/mol. The second-order valence-corrected chi connectivity index (χ2v) is 7.00. The van der Waals surface area contributed by atoms with Crippen LogP contribution in [0.15, 0.2) is 34.1 Å². The summed E-state index contributed by atoms with van der Waals surface area (Å²) in [7, 11) is 0. The van der Waals surface area contributed by atoms with E-state index < -0.39 is 5.56 Å². The van der Waals surface area contributed by atoms with Gasteiger partial charge in [-0.2, -0.15) is 5.26 Å². The fourth-order valence-corrected chi connectivity index (χ4v) is 3.14. The van der Waals surface area contributed by atoms with Crippen LogP contribution in [0.3, 0.4) is 0 Å². The van der Waals surface area contributed by atoms with Gasteiger partial charge in [0.1, 0.15) is 16.6 Å². The molecule has 0 spiro atoms. The molecule has 0 fully saturated rings. The maximum Gasteiger partial charge on any atom is 0.268 e. The number of carbonyl (C=O) groups excluding carboxylic acids is 1. The number of nitriles is 1. The van der Waals surface area contributed by atoms with Crippen molar-refractivity contribution in [3.8, 4) is 11.9 Å². The Balaban J connectivity index is 1.76. The maximum absolute atomic E-state index is 12.3. The second kappa shape index (κ2) is 8.45. The Morgan fingerprint density at radius 1 is 1.38 bits per heavy atom. The van der Waals surface area contributed by atoms with Crippen LogP contribution in [0, 0.1) is 18.3 Å². The molecule has 10 heteroatoms. The summed E-state index contributed by atoms with van der Waals surface area (Å²) in [5, 5.41) is 30.8. The molecule has 0 saturated carbocycles. The monoisotopic (exact) mass is 408 g/mol. The van der Waals surface area contributed by atoms with Gasteiger partial charge in [0.05, 0.1) is 11.3 Å². The Morgan fingerprint density at radius 3 is 2.72 bits per heavy atom. The first-order chi connectivity index (χ1) is 13.9. The van der Waals surface area contributed by atoms with Crippen LogP contribution in [0.2, 0.25) is 0 Å². The van der Waals surface area contributed by atoms with Crippen LogP contribution in [0.4, 0.5) is 10.8 Å². The van der Waals surface area contributed by atoms with Crippen molar-refractivity contribution in [1.82, 2.24) is 15.2 Å². The van der Waals surface area contributed by atoms with Gasteiger partial charge >= 0.3 is 0 Å². The van der Waals surface area contributed by atoms with Crippen molar-refractivity contribution in [2.45, 2.75) is 20.3 Å². The maximum atomic E-state index is 12.3. The number of pyridine rings is 1. The van der Waals surface area contributed by atoms with Crippen molar-refractivity contribution in [3.63, 3.8) is 0 Å². The van der Waals surface area contributed by atoms with Crippen molar-refractivity contribution >= 4 is 34.3 Å². The molecule has 2 heterocycles. The second-order valence-electron chi connectivity index (χ2n) is 5.94. The molecule has 0 aliphatic rings. The number of carbonyl (C=O) groups is 1. The molecule has 29 heavy (non-hydrogen) atoms. The highest BCUT2D eigenvalue weighted by Crippen LogP contribution is 2.20. The minimum Gasteiger partial charge on any atom is -0.494 e. The molecule has 9 nitrogen and oxygen atoms in total. The van der Waals surface area contributed by atoms with Crippen molar-refractivity contribution in [3.05, 3.63) is 61.9 Å². The average Bonchev–Trinajstić information content (AvgIpc) is 3.16. The molecule has 3 N–H and O–H groups in total. The number of amides is 1. The van der Waals surface area contributed by atoms with Crippen LogP contribution >= 0.6 is 11.3 Å². The molecule has 3 rings (SSSR count). The zero-order chi connectivity index (χ0) is 21.0. The summed E-state index contributed by atoms with van der Waals surface area (Å²) < 4.78 is 0. The van der Waals surface area contributed by atoms with Gasteiger partial charge < -0.3 is 5.11 Å². The third kappa shape index (κ3) is 4.36. The molecule has 0 radical (unpaired) electrons. The first kappa shape index (κ1) is 19.9. The summed E-state index contributed by atoms with van der Waals surface area (Å²) in [6, 6.07) is 8.27. The van der Waals surface area contributed by atoms with Crippen molar-refractivity contribution < 1.29 is 9.90 Å². The number of nitrogens with one attached hydrogen (secondary N) is 2. The summed E-state index contributed by atoms with van der Waals surface area (Å²) in [6.45, 7) is 3.51. The molecule has 0 bridgehead atoms. The van der Waals surface area contributed by atoms with Crippen LogP contribution in [0.5, 0.6) is 5.88 Å². The molecular formula is C19H16N6O3S. The number of nitrogens with zero attached hydrogens (tertiary/aromatic N) is 4. The summed E-state index contributed by atoms with van der Waals surface area (Å²) in [4.78, 5) is 30.4. The SMILES string of the molecule is CCc1nnc(NC(=O)c2ccc(N=Cc3c(O)[nH]c(=O)c(C#N)c3C)cc2)s1. The number of H-pyrrole nitrogens is 1. The Bertz CT molecular complexity index is 1190. The predicted molar refractivity (Wildman–Crippen MR) is 109 cm³/mol. The lowest BCUT2D eigenvalue weighted by Crippen LogP contribution is -2.14. The van der Waals surface area contributed by atoms with Crippen LogP contribution in [0.1, 0.15) is 39.0 Å². The van der Waals surface area contributed by atoms with E-state index in [1.165, 1.54) is 17.6 Å². The van der Waals surface area contributed by atoms with Gasteiger partial charge in [0.15, 0.2) is 0 Å². The zero-order valence-electron chi connectivity index (χ0n) is 15.6. The molecule has 2 aromatic heterocycles. The number of rotatable bonds is 5. The smallest absolute Gasteiger partial charge is 0.268 e. The summed E-state index contributed by atoms with van der Waals surface area (Å²) in [6.07, 6.45) is 2.10. The number of aromatic amines is 1. The molecule has 1 aromatic carbocycles. The standard InChI is InChI=1S/C19H16N6O3S/c1-3-15-24-25-19(29-15)23-16(26)11-4-6-12(7-5-11)21-9-14-10(2)13(8-20)17(27)22-18(14)28/h4-7,9H,3H2,1-2H3,(H2,22,27,28)(H,23,25,26). The van der Waals surface area contributed by atoms with E-state index in [0.29, 0.717) is 21.9 Å². The van der Waals surface area contributed by atoms with Gasteiger partial charge in [-0.3, -0.25) is 24.9 Å². The topological polar surface area (TPSA) is 144 Å². The molecular weight excluding hydrogens is 392 g/mol. The van der Waals surface area contributed by atoms with Gasteiger partial charge in [-0.1, -0.05) is 18.3 Å². The summed E-state index contributed by atoms with van der Waals surface area (Å²) in [5.41, 5.74) is 0.778. The lowest BCUT2D eigenvalue weighted by molar-refractivity contribution is 0.102. The third-order valence-electron chi connectivity index (χ3n) is 4.07. The highest BCUT2D eigenvalue weighted by atomic mass is 32.1. The fourth-order valence-electron chi connectivity index (χ4n) is 2.47. The molecule has 3 aromatic rings. The lowest BCUT2D eigenvalue weighted by Gasteiger charge is -2.05. The molecule has 0 aliphatic heterocycles. The number of aliphatic imine (C=N–C) groups is 1. The van der Waals surface area contributed by atoms with E-state index in [1.54, 1.807) is 37.3 Å². The minimum atomic E-state index is -0.656. The largest absolute Gasteiger partial charge is 0.494 e. The lowest BCUT2D eigenvalue weighted by atomic mass is 10.1. The Kier molecular flexibility index (Phi) is 5.80. The van der Waals surface area contributed by atoms with Crippen LogP contribution in [-0.4, -0.2) is 32.4 Å². The van der Waals surface area contributed by atoms with E-state index in [4.69, 9.17) is 5.26 Å². The molecule has 146 valence electrons. The number of hydrogen-bond acceptors (Lipinski definition) is 8. The number of aromatic hydroxyl groups is 1. The van der Waals surface area contributed by atoms with Crippen molar-refractivity contribution in [2.24, 2.45) is 4.99 Å². The Morgan fingerprint density at radius 2 is 2.10 bits per heavy atom. The Hall–Kier alpha value is -3.84. The van der Waals surface area contributed by atoms with Crippen LogP contribution in [-0.2, 0) is 6.42 Å². The molecule has 1 amide bonds. The first-order valence-corrected chi connectivity index (χ1v) is 9.38. The van der Waals surface area contributed by atoms with E-state index in [1.807, 2.05) is 6.92 Å². The van der Waals surface area contributed by atoms with E-state index in [9.17, 15) is 14.7 Å². The third-order valence-corrected chi connectivity index (χ3v) is 5.05. The fraction of sp³-hybridized carbons (Fsp3) is 0.158. The first-order valence-electron chi connectivity index (χ1n) is 8.56. The van der Waals surface area contributed by atoms with Gasteiger partial charge in [-0.05, 0) is 43.2 Å². The quantitative estimate of drug-likeness (QED) is 0.554. The molecule has 0 aliphatic carbocycles.